The van der Waals surface area contributed by atoms with Crippen molar-refractivity contribution in [2.24, 2.45) is 0 Å². The molecule has 84 valence electrons. The van der Waals surface area contributed by atoms with Crippen molar-refractivity contribution >= 4 is 5.91 Å². The molecule has 0 aliphatic carbocycles. The van der Waals surface area contributed by atoms with Gasteiger partial charge >= 0.3 is 0 Å². The standard InChI is InChI=1S/C12H14N2O2/c1-9-10(5-3-6-11(9)15)12(16)14(2)8-4-7-13/h3,5-6,15H,4,8H2,1-2H3. The van der Waals surface area contributed by atoms with E-state index in [4.69, 9.17) is 5.26 Å². The third-order valence-electron chi connectivity index (χ3n) is 2.44. The van der Waals surface area contributed by atoms with Crippen molar-refractivity contribution in [3.8, 4) is 11.8 Å². The molecular weight excluding hydrogens is 204 g/mol. The molecule has 1 amide bonds. The van der Waals surface area contributed by atoms with Crippen molar-refractivity contribution in [1.82, 2.24) is 4.90 Å². The van der Waals surface area contributed by atoms with E-state index in [-0.39, 0.29) is 11.7 Å². The van der Waals surface area contributed by atoms with Gasteiger partial charge in [-0.3, -0.25) is 4.79 Å². The SMILES string of the molecule is Cc1c(O)cccc1C(=O)N(C)CCC#N. The quantitative estimate of drug-likeness (QED) is 0.839. The molecule has 0 unspecified atom stereocenters. The Morgan fingerprint density at radius 3 is 2.88 bits per heavy atom. The third-order valence-corrected chi connectivity index (χ3v) is 2.44. The van der Waals surface area contributed by atoms with Gasteiger partial charge < -0.3 is 10.0 Å². The lowest BCUT2D eigenvalue weighted by Gasteiger charge is -2.17. The van der Waals surface area contributed by atoms with E-state index in [1.807, 2.05) is 6.07 Å². The average Bonchev–Trinajstić information content (AvgIpc) is 2.28. The predicted octanol–water partition coefficient (Wildman–Crippen LogP) is 1.69. The second-order valence-corrected chi connectivity index (χ2v) is 3.58. The van der Waals surface area contributed by atoms with E-state index in [0.717, 1.165) is 0 Å². The Morgan fingerprint density at radius 2 is 2.25 bits per heavy atom. The van der Waals surface area contributed by atoms with Gasteiger partial charge in [0.25, 0.3) is 5.91 Å². The van der Waals surface area contributed by atoms with Gasteiger partial charge in [0.05, 0.1) is 12.5 Å². The third kappa shape index (κ3) is 2.51. The van der Waals surface area contributed by atoms with E-state index in [0.29, 0.717) is 24.1 Å². The maximum atomic E-state index is 11.9. The second-order valence-electron chi connectivity index (χ2n) is 3.58. The summed E-state index contributed by atoms with van der Waals surface area (Å²) in [6.07, 6.45) is 0.306. The number of carbonyl (C=O) groups is 1. The van der Waals surface area contributed by atoms with Crippen LogP contribution in [-0.2, 0) is 0 Å². The number of aromatic hydroxyl groups is 1. The van der Waals surface area contributed by atoms with Crippen LogP contribution in [0.4, 0.5) is 0 Å². The smallest absolute Gasteiger partial charge is 0.254 e. The van der Waals surface area contributed by atoms with Gasteiger partial charge in [-0.05, 0) is 19.1 Å². The number of nitriles is 1. The second kappa shape index (κ2) is 5.17. The van der Waals surface area contributed by atoms with Crippen LogP contribution < -0.4 is 0 Å². The van der Waals surface area contributed by atoms with Crippen LogP contribution in [0.3, 0.4) is 0 Å². The van der Waals surface area contributed by atoms with Crippen LogP contribution in [0.25, 0.3) is 0 Å². The van der Waals surface area contributed by atoms with Gasteiger partial charge in [0, 0.05) is 24.7 Å². The van der Waals surface area contributed by atoms with Gasteiger partial charge in [-0.15, -0.1) is 0 Å². The number of amides is 1. The van der Waals surface area contributed by atoms with E-state index < -0.39 is 0 Å². The number of benzene rings is 1. The van der Waals surface area contributed by atoms with E-state index in [1.54, 1.807) is 32.2 Å². The van der Waals surface area contributed by atoms with Crippen molar-refractivity contribution in [1.29, 1.82) is 5.26 Å². The first-order chi connectivity index (χ1) is 7.57. The highest BCUT2D eigenvalue weighted by Gasteiger charge is 2.15. The molecule has 1 N–H and O–H groups in total. The molecule has 0 spiro atoms. The van der Waals surface area contributed by atoms with Crippen LogP contribution >= 0.6 is 0 Å². The Bertz CT molecular complexity index is 435. The summed E-state index contributed by atoms with van der Waals surface area (Å²) < 4.78 is 0. The summed E-state index contributed by atoms with van der Waals surface area (Å²) in [5.41, 5.74) is 1.04. The number of phenolic OH excluding ortho intramolecular Hbond substituents is 1. The van der Waals surface area contributed by atoms with Gasteiger partial charge in [0.2, 0.25) is 0 Å². The Balaban J connectivity index is 2.89. The summed E-state index contributed by atoms with van der Waals surface area (Å²) in [7, 11) is 1.64. The molecular formula is C12H14N2O2. The van der Waals surface area contributed by atoms with Gasteiger partial charge in [0.1, 0.15) is 5.75 Å². The molecule has 1 aromatic carbocycles. The van der Waals surface area contributed by atoms with Crippen molar-refractivity contribution in [2.75, 3.05) is 13.6 Å². The summed E-state index contributed by atoms with van der Waals surface area (Å²) in [4.78, 5) is 13.4. The minimum Gasteiger partial charge on any atom is -0.508 e. The zero-order valence-corrected chi connectivity index (χ0v) is 9.40. The normalized spacial score (nSPS) is 9.56. The lowest BCUT2D eigenvalue weighted by Crippen LogP contribution is -2.28. The maximum Gasteiger partial charge on any atom is 0.254 e. The van der Waals surface area contributed by atoms with E-state index in [9.17, 15) is 9.90 Å². The number of hydrogen-bond acceptors (Lipinski definition) is 3. The number of carbonyl (C=O) groups excluding carboxylic acids is 1. The summed E-state index contributed by atoms with van der Waals surface area (Å²) >= 11 is 0. The first-order valence-corrected chi connectivity index (χ1v) is 4.99. The molecule has 0 fully saturated rings. The van der Waals surface area contributed by atoms with Gasteiger partial charge in [0.15, 0.2) is 0 Å². The molecule has 0 radical (unpaired) electrons. The van der Waals surface area contributed by atoms with Crippen LogP contribution in [0.2, 0.25) is 0 Å². The van der Waals surface area contributed by atoms with Crippen LogP contribution in [-0.4, -0.2) is 29.5 Å². The fourth-order valence-corrected chi connectivity index (χ4v) is 1.38. The predicted molar refractivity (Wildman–Crippen MR) is 60.0 cm³/mol. The Kier molecular flexibility index (Phi) is 3.90. The van der Waals surface area contributed by atoms with Crippen LogP contribution in [0.1, 0.15) is 22.3 Å². The molecule has 0 atom stereocenters. The fourth-order valence-electron chi connectivity index (χ4n) is 1.38. The van der Waals surface area contributed by atoms with Crippen LogP contribution in [0.5, 0.6) is 5.75 Å². The Morgan fingerprint density at radius 1 is 1.56 bits per heavy atom. The lowest BCUT2D eigenvalue weighted by atomic mass is 10.1. The fraction of sp³-hybridized carbons (Fsp3) is 0.333. The van der Waals surface area contributed by atoms with Crippen molar-refractivity contribution in [3.05, 3.63) is 29.3 Å². The van der Waals surface area contributed by atoms with Crippen molar-refractivity contribution in [3.63, 3.8) is 0 Å². The summed E-state index contributed by atoms with van der Waals surface area (Å²) in [5.74, 6) is -0.0665. The monoisotopic (exact) mass is 218 g/mol. The highest BCUT2D eigenvalue weighted by Crippen LogP contribution is 2.20. The Labute approximate surface area is 94.7 Å². The minimum absolute atomic E-state index is 0.111. The van der Waals surface area contributed by atoms with Gasteiger partial charge in [-0.2, -0.15) is 5.26 Å². The molecule has 0 aliphatic rings. The maximum absolute atomic E-state index is 11.9. The van der Waals surface area contributed by atoms with Crippen molar-refractivity contribution < 1.29 is 9.90 Å². The molecule has 0 saturated carbocycles. The number of hydrogen-bond donors (Lipinski definition) is 1. The Hall–Kier alpha value is -2.02. The number of rotatable bonds is 3. The molecule has 0 aliphatic heterocycles. The van der Waals surface area contributed by atoms with Crippen LogP contribution in [0, 0.1) is 18.3 Å². The summed E-state index contributed by atoms with van der Waals surface area (Å²) in [6.45, 7) is 2.09. The van der Waals surface area contributed by atoms with Crippen molar-refractivity contribution in [2.45, 2.75) is 13.3 Å². The first-order valence-electron chi connectivity index (χ1n) is 4.99. The van der Waals surface area contributed by atoms with Crippen LogP contribution in [0.15, 0.2) is 18.2 Å². The zero-order valence-electron chi connectivity index (χ0n) is 9.40. The van der Waals surface area contributed by atoms with E-state index >= 15 is 0 Å². The van der Waals surface area contributed by atoms with Gasteiger partial charge in [-0.25, -0.2) is 0 Å². The molecule has 0 aromatic heterocycles. The molecule has 0 bridgehead atoms. The highest BCUT2D eigenvalue weighted by atomic mass is 16.3. The molecule has 16 heavy (non-hydrogen) atoms. The average molecular weight is 218 g/mol. The molecule has 1 rings (SSSR count). The van der Waals surface area contributed by atoms with E-state index in [1.165, 1.54) is 4.90 Å². The highest BCUT2D eigenvalue weighted by molar-refractivity contribution is 5.96. The largest absolute Gasteiger partial charge is 0.508 e. The molecule has 4 nitrogen and oxygen atoms in total. The summed E-state index contributed by atoms with van der Waals surface area (Å²) in [6, 6.07) is 6.83. The molecule has 1 aromatic rings. The zero-order chi connectivity index (χ0) is 12.1. The molecule has 0 saturated heterocycles. The lowest BCUT2D eigenvalue weighted by molar-refractivity contribution is 0.0797. The van der Waals surface area contributed by atoms with Gasteiger partial charge in [-0.1, -0.05) is 6.07 Å². The number of nitrogens with zero attached hydrogens (tertiary/aromatic N) is 2. The first kappa shape index (κ1) is 12.1. The minimum atomic E-state index is -0.177. The molecule has 4 heteroatoms. The topological polar surface area (TPSA) is 64.3 Å². The molecule has 0 heterocycles. The van der Waals surface area contributed by atoms with E-state index in [2.05, 4.69) is 0 Å². The number of phenols is 1. The summed E-state index contributed by atoms with van der Waals surface area (Å²) in [5, 5.41) is 17.9.